The zero-order valence-corrected chi connectivity index (χ0v) is 61.2. The number of unbranched alkanes of at least 4 members (excludes halogenated alkanes) is 62. The normalized spacial score (nSPS) is 12.9. The highest BCUT2D eigenvalue weighted by atomic mass is 31.2. The smallest absolute Gasteiger partial charge is 0.462 e. The van der Waals surface area contributed by atoms with E-state index in [1.165, 1.54) is 372 Å². The van der Waals surface area contributed by atoms with Crippen molar-refractivity contribution < 1.29 is 42.1 Å². The molecule has 0 rings (SSSR count). The van der Waals surface area contributed by atoms with Crippen molar-refractivity contribution in [2.75, 3.05) is 47.5 Å². The van der Waals surface area contributed by atoms with Crippen LogP contribution < -0.4 is 0 Å². The van der Waals surface area contributed by atoms with E-state index in [1.807, 2.05) is 21.1 Å². The van der Waals surface area contributed by atoms with E-state index in [2.05, 4.69) is 13.8 Å². The van der Waals surface area contributed by atoms with Gasteiger partial charge in [0.2, 0.25) is 0 Å². The van der Waals surface area contributed by atoms with Crippen LogP contribution in [-0.2, 0) is 32.7 Å². The molecular weight excluding hydrogens is 1110 g/mol. The SMILES string of the molecule is CCCCCCCCCCCCCCCCCCCCCCCCCCCCCCCCCCCCCCCC(=O)OC(COC(=O)CCCCCCCCCCCCCCCCCCCCCCCCCCCCC)COP(=O)(O)OCC[N+](C)(C)C. The number of hydrogen-bond acceptors (Lipinski definition) is 7. The van der Waals surface area contributed by atoms with Crippen LogP contribution in [-0.4, -0.2) is 74.9 Å². The Bertz CT molecular complexity index is 1440. The summed E-state index contributed by atoms with van der Waals surface area (Å²) in [6.45, 7) is 4.54. The van der Waals surface area contributed by atoms with Crippen LogP contribution in [0.5, 0.6) is 0 Å². The molecule has 0 aromatic carbocycles. The quantitative estimate of drug-likeness (QED) is 0.0278. The number of likely N-dealkylation sites (N-methyl/N-ethyl adjacent to an activating group) is 1. The van der Waals surface area contributed by atoms with Gasteiger partial charge >= 0.3 is 19.8 Å². The first-order valence-electron chi connectivity index (χ1n) is 39.8. The highest BCUT2D eigenvalue weighted by Gasteiger charge is 2.27. The van der Waals surface area contributed by atoms with E-state index in [-0.39, 0.29) is 25.6 Å². The summed E-state index contributed by atoms with van der Waals surface area (Å²) < 4.78 is 34.8. The molecule has 0 aliphatic rings. The van der Waals surface area contributed by atoms with Crippen LogP contribution in [0.4, 0.5) is 0 Å². The largest absolute Gasteiger partial charge is 0.472 e. The summed E-state index contributed by atoms with van der Waals surface area (Å²) in [5.74, 6) is -0.765. The van der Waals surface area contributed by atoms with Crippen LogP contribution >= 0.6 is 7.82 Å². The van der Waals surface area contributed by atoms with Crippen molar-refractivity contribution in [3.63, 3.8) is 0 Å². The van der Waals surface area contributed by atoms with Crippen molar-refractivity contribution >= 4 is 19.8 Å². The Labute approximate surface area is 550 Å². The van der Waals surface area contributed by atoms with Crippen LogP contribution in [0.2, 0.25) is 0 Å². The first-order valence-corrected chi connectivity index (χ1v) is 41.3. The summed E-state index contributed by atoms with van der Waals surface area (Å²) in [7, 11) is 1.51. The first kappa shape index (κ1) is 87.0. The standard InChI is InChI=1S/C78H156NO8P/c1-6-8-10-12-14-16-18-20-22-24-26-28-30-32-34-35-36-37-38-39-40-41-42-43-45-47-49-51-53-55-57-59-61-63-65-67-69-71-78(81)87-76(75-86-88(82,83)85-73-72-79(3,4)5)74-84-77(80)70-68-66-64-62-60-58-56-54-52-50-48-46-44-33-31-29-27-25-23-21-19-17-15-13-11-9-7-2/h76H,6-75H2,1-5H3/p+1. The van der Waals surface area contributed by atoms with Gasteiger partial charge in [0.1, 0.15) is 19.8 Å². The van der Waals surface area contributed by atoms with Gasteiger partial charge in [0.05, 0.1) is 27.7 Å². The third kappa shape index (κ3) is 74.1. The van der Waals surface area contributed by atoms with Crippen molar-refractivity contribution in [3.05, 3.63) is 0 Å². The van der Waals surface area contributed by atoms with Gasteiger partial charge in [-0.2, -0.15) is 0 Å². The topological polar surface area (TPSA) is 108 Å². The van der Waals surface area contributed by atoms with Crippen LogP contribution in [0.25, 0.3) is 0 Å². The van der Waals surface area contributed by atoms with Crippen molar-refractivity contribution in [2.45, 2.75) is 444 Å². The molecule has 526 valence electrons. The number of carbonyl (C=O) groups is 2. The maximum absolute atomic E-state index is 12.9. The molecular formula is C78H157NO8P+. The van der Waals surface area contributed by atoms with E-state index in [1.54, 1.807) is 0 Å². The highest BCUT2D eigenvalue weighted by molar-refractivity contribution is 7.47. The third-order valence-corrected chi connectivity index (χ3v) is 19.6. The van der Waals surface area contributed by atoms with Gasteiger partial charge < -0.3 is 18.9 Å². The van der Waals surface area contributed by atoms with E-state index < -0.39 is 26.5 Å². The number of nitrogens with zero attached hydrogens (tertiary/aromatic N) is 1. The fourth-order valence-electron chi connectivity index (χ4n) is 12.6. The van der Waals surface area contributed by atoms with Gasteiger partial charge in [0, 0.05) is 12.8 Å². The number of esters is 2. The van der Waals surface area contributed by atoms with Crippen LogP contribution in [0, 0.1) is 0 Å². The van der Waals surface area contributed by atoms with Gasteiger partial charge in [-0.25, -0.2) is 4.57 Å². The summed E-state index contributed by atoms with van der Waals surface area (Å²) in [6, 6.07) is 0. The molecule has 1 N–H and O–H groups in total. The minimum atomic E-state index is -4.39. The molecule has 88 heavy (non-hydrogen) atoms. The minimum Gasteiger partial charge on any atom is -0.462 e. The van der Waals surface area contributed by atoms with Gasteiger partial charge in [-0.1, -0.05) is 412 Å². The lowest BCUT2D eigenvalue weighted by molar-refractivity contribution is -0.870. The lowest BCUT2D eigenvalue weighted by Crippen LogP contribution is -2.37. The van der Waals surface area contributed by atoms with E-state index >= 15 is 0 Å². The second-order valence-electron chi connectivity index (χ2n) is 28.8. The Hall–Kier alpha value is -0.990. The molecule has 0 heterocycles. The van der Waals surface area contributed by atoms with E-state index in [9.17, 15) is 19.0 Å². The number of ether oxygens (including phenoxy) is 2. The molecule has 0 saturated heterocycles. The van der Waals surface area contributed by atoms with E-state index in [0.29, 0.717) is 17.4 Å². The van der Waals surface area contributed by atoms with Gasteiger partial charge in [-0.15, -0.1) is 0 Å². The summed E-state index contributed by atoms with van der Waals surface area (Å²) >= 11 is 0. The van der Waals surface area contributed by atoms with Crippen molar-refractivity contribution in [2.24, 2.45) is 0 Å². The number of phosphoric acid groups is 1. The second-order valence-corrected chi connectivity index (χ2v) is 30.3. The third-order valence-electron chi connectivity index (χ3n) is 18.6. The zero-order chi connectivity index (χ0) is 64.1. The maximum atomic E-state index is 12.9. The minimum absolute atomic E-state index is 0.0378. The average molecular weight is 1270 g/mol. The second kappa shape index (κ2) is 70.3. The summed E-state index contributed by atoms with van der Waals surface area (Å²) in [5.41, 5.74) is 0. The predicted molar refractivity (Wildman–Crippen MR) is 382 cm³/mol. The molecule has 0 aliphatic carbocycles. The van der Waals surface area contributed by atoms with Gasteiger partial charge in [-0.05, 0) is 12.8 Å². The lowest BCUT2D eigenvalue weighted by Gasteiger charge is -2.24. The molecule has 2 unspecified atom stereocenters. The Morgan fingerprint density at radius 1 is 0.307 bits per heavy atom. The summed E-state index contributed by atoms with van der Waals surface area (Å²) in [4.78, 5) is 35.9. The number of rotatable bonds is 76. The Kier molecular flexibility index (Phi) is 69.5. The van der Waals surface area contributed by atoms with Crippen molar-refractivity contribution in [1.29, 1.82) is 0 Å². The highest BCUT2D eigenvalue weighted by Crippen LogP contribution is 2.43. The van der Waals surface area contributed by atoms with Gasteiger partial charge in [-0.3, -0.25) is 18.6 Å². The molecule has 2 atom stereocenters. The molecule has 10 heteroatoms. The molecule has 0 amide bonds. The Balaban J connectivity index is 3.87. The van der Waals surface area contributed by atoms with Crippen LogP contribution in [0.1, 0.15) is 438 Å². The van der Waals surface area contributed by atoms with Crippen molar-refractivity contribution in [1.82, 2.24) is 0 Å². The Morgan fingerprint density at radius 2 is 0.511 bits per heavy atom. The monoisotopic (exact) mass is 1270 g/mol. The van der Waals surface area contributed by atoms with Crippen LogP contribution in [0.15, 0.2) is 0 Å². The average Bonchev–Trinajstić information content (AvgIpc) is 3.68. The molecule has 0 aromatic rings. The summed E-state index contributed by atoms with van der Waals surface area (Å²) in [6.07, 6.45) is 86.9. The molecule has 0 spiro atoms. The molecule has 0 radical (unpaired) electrons. The predicted octanol–water partition coefficient (Wildman–Crippen LogP) is 26.1. The maximum Gasteiger partial charge on any atom is 0.472 e. The number of quaternary nitrogens is 1. The number of carbonyl (C=O) groups excluding carboxylic acids is 2. The molecule has 0 aliphatic heterocycles. The fraction of sp³-hybridized carbons (Fsp3) is 0.974. The van der Waals surface area contributed by atoms with Gasteiger partial charge in [0.25, 0.3) is 0 Å². The number of phosphoric ester groups is 1. The molecule has 0 saturated carbocycles. The fourth-order valence-corrected chi connectivity index (χ4v) is 13.3. The van der Waals surface area contributed by atoms with Gasteiger partial charge in [0.15, 0.2) is 6.10 Å². The van der Waals surface area contributed by atoms with Crippen molar-refractivity contribution in [3.8, 4) is 0 Å². The van der Waals surface area contributed by atoms with Crippen LogP contribution in [0.3, 0.4) is 0 Å². The molecule has 9 nitrogen and oxygen atoms in total. The van der Waals surface area contributed by atoms with E-state index in [0.717, 1.165) is 38.5 Å². The lowest BCUT2D eigenvalue weighted by atomic mass is 10.0. The summed E-state index contributed by atoms with van der Waals surface area (Å²) in [5, 5.41) is 0. The molecule has 0 fully saturated rings. The Morgan fingerprint density at radius 3 is 0.727 bits per heavy atom. The number of hydrogen-bond donors (Lipinski definition) is 1. The van der Waals surface area contributed by atoms with E-state index in [4.69, 9.17) is 18.5 Å². The zero-order valence-electron chi connectivity index (χ0n) is 60.3. The first-order chi connectivity index (χ1) is 43.0. The molecule has 0 bridgehead atoms. The molecule has 0 aromatic heterocycles.